The first-order chi connectivity index (χ1) is 13.0. The molecule has 0 spiro atoms. The van der Waals surface area contributed by atoms with Crippen LogP contribution < -0.4 is 4.72 Å². The van der Waals surface area contributed by atoms with Crippen molar-refractivity contribution < 1.29 is 8.42 Å². The topological polar surface area (TPSA) is 64.0 Å². The number of hydrogen-bond donors (Lipinski definition) is 1. The van der Waals surface area contributed by atoms with E-state index >= 15 is 0 Å². The molecule has 3 aromatic carbocycles. The summed E-state index contributed by atoms with van der Waals surface area (Å²) in [5.41, 5.74) is 1.39. The minimum Gasteiger partial charge on any atom is -0.276 e. The van der Waals surface area contributed by atoms with Crippen molar-refractivity contribution in [1.29, 1.82) is 0 Å². The SMILES string of the molecule is O=S(=O)(Nc1cnn(Cc2cccc(Cl)c2)c1)c1ccc2ccccc2c1. The quantitative estimate of drug-likeness (QED) is 0.537. The average molecular weight is 398 g/mol. The van der Waals surface area contributed by atoms with Crippen LogP contribution in [0.2, 0.25) is 5.02 Å². The molecule has 0 aliphatic carbocycles. The fourth-order valence-corrected chi connectivity index (χ4v) is 4.15. The van der Waals surface area contributed by atoms with E-state index in [1.165, 1.54) is 6.20 Å². The fourth-order valence-electron chi connectivity index (χ4n) is 2.87. The summed E-state index contributed by atoms with van der Waals surface area (Å²) in [5, 5.41) is 6.73. The number of aromatic nitrogens is 2. The lowest BCUT2D eigenvalue weighted by Gasteiger charge is -2.07. The van der Waals surface area contributed by atoms with Crippen LogP contribution in [0.1, 0.15) is 5.56 Å². The van der Waals surface area contributed by atoms with Crippen molar-refractivity contribution in [3.8, 4) is 0 Å². The van der Waals surface area contributed by atoms with Crippen LogP contribution in [0.5, 0.6) is 0 Å². The molecular weight excluding hydrogens is 382 g/mol. The number of rotatable bonds is 5. The molecule has 0 saturated carbocycles. The lowest BCUT2D eigenvalue weighted by Crippen LogP contribution is -2.12. The van der Waals surface area contributed by atoms with Crippen LogP contribution >= 0.6 is 11.6 Å². The fraction of sp³-hybridized carbons (Fsp3) is 0.0500. The van der Waals surface area contributed by atoms with Crippen molar-refractivity contribution in [1.82, 2.24) is 9.78 Å². The maximum absolute atomic E-state index is 12.7. The van der Waals surface area contributed by atoms with Crippen molar-refractivity contribution in [2.75, 3.05) is 4.72 Å². The van der Waals surface area contributed by atoms with E-state index in [-0.39, 0.29) is 4.90 Å². The molecule has 0 aliphatic heterocycles. The number of fused-ring (bicyclic) bond motifs is 1. The molecule has 0 atom stereocenters. The van der Waals surface area contributed by atoms with Gasteiger partial charge >= 0.3 is 0 Å². The number of anilines is 1. The standard InChI is InChI=1S/C20H16ClN3O2S/c21-18-7-3-4-15(10-18)13-24-14-19(12-22-24)23-27(25,26)20-9-8-16-5-1-2-6-17(16)11-20/h1-12,14,23H,13H2. The molecule has 27 heavy (non-hydrogen) atoms. The Morgan fingerprint density at radius 1 is 0.963 bits per heavy atom. The largest absolute Gasteiger partial charge is 0.276 e. The van der Waals surface area contributed by atoms with Gasteiger partial charge < -0.3 is 0 Å². The maximum atomic E-state index is 12.7. The molecule has 7 heteroatoms. The second kappa shape index (κ2) is 7.06. The molecule has 0 radical (unpaired) electrons. The predicted molar refractivity (Wildman–Crippen MR) is 108 cm³/mol. The summed E-state index contributed by atoms with van der Waals surface area (Å²) in [6.45, 7) is 0.498. The van der Waals surface area contributed by atoms with E-state index in [9.17, 15) is 8.42 Å². The lowest BCUT2D eigenvalue weighted by atomic mass is 10.1. The molecule has 0 bridgehead atoms. The number of sulfonamides is 1. The molecule has 4 aromatic rings. The van der Waals surface area contributed by atoms with Crippen molar-refractivity contribution in [3.63, 3.8) is 0 Å². The van der Waals surface area contributed by atoms with Gasteiger partial charge in [-0.05, 0) is 40.6 Å². The van der Waals surface area contributed by atoms with Crippen molar-refractivity contribution >= 4 is 38.1 Å². The third-order valence-electron chi connectivity index (χ3n) is 4.15. The number of nitrogens with one attached hydrogen (secondary N) is 1. The van der Waals surface area contributed by atoms with Crippen LogP contribution in [-0.4, -0.2) is 18.2 Å². The Morgan fingerprint density at radius 2 is 1.78 bits per heavy atom. The Labute approximate surface area is 162 Å². The minimum atomic E-state index is -3.70. The molecule has 0 aliphatic rings. The Morgan fingerprint density at radius 3 is 2.59 bits per heavy atom. The van der Waals surface area contributed by atoms with E-state index in [4.69, 9.17) is 11.6 Å². The Bertz CT molecular complexity index is 1220. The van der Waals surface area contributed by atoms with Gasteiger partial charge in [0.25, 0.3) is 10.0 Å². The van der Waals surface area contributed by atoms with Crippen LogP contribution in [0.3, 0.4) is 0 Å². The third-order valence-corrected chi connectivity index (χ3v) is 5.76. The van der Waals surface area contributed by atoms with Gasteiger partial charge in [0.15, 0.2) is 0 Å². The lowest BCUT2D eigenvalue weighted by molar-refractivity contribution is 0.601. The van der Waals surface area contributed by atoms with Gasteiger partial charge in [-0.25, -0.2) is 8.42 Å². The summed E-state index contributed by atoms with van der Waals surface area (Å²) in [7, 11) is -3.70. The highest BCUT2D eigenvalue weighted by atomic mass is 35.5. The molecule has 136 valence electrons. The second-order valence-corrected chi connectivity index (χ2v) is 8.29. The smallest absolute Gasteiger partial charge is 0.262 e. The number of hydrogen-bond acceptors (Lipinski definition) is 3. The highest BCUT2D eigenvalue weighted by molar-refractivity contribution is 7.92. The summed E-state index contributed by atoms with van der Waals surface area (Å²) < 4.78 is 29.6. The van der Waals surface area contributed by atoms with Gasteiger partial charge in [-0.15, -0.1) is 0 Å². The molecule has 0 amide bonds. The first kappa shape index (κ1) is 17.6. The zero-order chi connectivity index (χ0) is 18.9. The first-order valence-electron chi connectivity index (χ1n) is 8.28. The normalized spacial score (nSPS) is 11.6. The number of nitrogens with zero attached hydrogens (tertiary/aromatic N) is 2. The minimum absolute atomic E-state index is 0.212. The molecule has 5 nitrogen and oxygen atoms in total. The van der Waals surface area contributed by atoms with Crippen LogP contribution in [0, 0.1) is 0 Å². The van der Waals surface area contributed by atoms with Crippen molar-refractivity contribution in [2.24, 2.45) is 0 Å². The van der Waals surface area contributed by atoms with Crippen molar-refractivity contribution in [2.45, 2.75) is 11.4 Å². The molecule has 0 saturated heterocycles. The molecule has 0 fully saturated rings. The summed E-state index contributed by atoms with van der Waals surface area (Å²) in [4.78, 5) is 0.212. The zero-order valence-electron chi connectivity index (χ0n) is 14.2. The summed E-state index contributed by atoms with van der Waals surface area (Å²) >= 11 is 5.99. The Kier molecular flexibility index (Phi) is 4.59. The molecule has 0 unspecified atom stereocenters. The monoisotopic (exact) mass is 397 g/mol. The Hall–Kier alpha value is -2.83. The van der Waals surface area contributed by atoms with Crippen LogP contribution in [-0.2, 0) is 16.6 Å². The predicted octanol–water partition coefficient (Wildman–Crippen LogP) is 4.54. The van der Waals surface area contributed by atoms with Crippen LogP contribution in [0.25, 0.3) is 10.8 Å². The summed E-state index contributed by atoms with van der Waals surface area (Å²) in [5.74, 6) is 0. The van der Waals surface area contributed by atoms with E-state index in [1.54, 1.807) is 35.1 Å². The van der Waals surface area contributed by atoms with Gasteiger partial charge in [-0.2, -0.15) is 5.10 Å². The molecule has 1 N–H and O–H groups in total. The van der Waals surface area contributed by atoms with E-state index < -0.39 is 10.0 Å². The van der Waals surface area contributed by atoms with Gasteiger partial charge in [0.1, 0.15) is 0 Å². The number of benzene rings is 3. The molecule has 1 heterocycles. The highest BCUT2D eigenvalue weighted by Crippen LogP contribution is 2.21. The van der Waals surface area contributed by atoms with Crippen molar-refractivity contribution in [3.05, 3.63) is 89.7 Å². The molecule has 4 rings (SSSR count). The van der Waals surface area contributed by atoms with Gasteiger partial charge in [0, 0.05) is 11.2 Å². The van der Waals surface area contributed by atoms with Crippen LogP contribution in [0.4, 0.5) is 5.69 Å². The maximum Gasteiger partial charge on any atom is 0.262 e. The van der Waals surface area contributed by atoms with Crippen LogP contribution in [0.15, 0.2) is 84.0 Å². The summed E-state index contributed by atoms with van der Waals surface area (Å²) in [6, 6.07) is 20.1. The Balaban J connectivity index is 1.55. The second-order valence-electron chi connectivity index (χ2n) is 6.17. The number of halogens is 1. The van der Waals surface area contributed by atoms with Gasteiger partial charge in [0.2, 0.25) is 0 Å². The average Bonchev–Trinajstić information content (AvgIpc) is 3.07. The highest BCUT2D eigenvalue weighted by Gasteiger charge is 2.15. The summed E-state index contributed by atoms with van der Waals surface area (Å²) in [6.07, 6.45) is 3.14. The first-order valence-corrected chi connectivity index (χ1v) is 10.1. The van der Waals surface area contributed by atoms with E-state index in [2.05, 4.69) is 9.82 Å². The van der Waals surface area contributed by atoms with Gasteiger partial charge in [-0.1, -0.05) is 54.1 Å². The van der Waals surface area contributed by atoms with Gasteiger partial charge in [-0.3, -0.25) is 9.40 Å². The third kappa shape index (κ3) is 3.97. The molecular formula is C20H16ClN3O2S. The van der Waals surface area contributed by atoms with E-state index in [0.29, 0.717) is 17.3 Å². The molecule has 1 aromatic heterocycles. The van der Waals surface area contributed by atoms with Gasteiger partial charge in [0.05, 0.1) is 23.3 Å². The van der Waals surface area contributed by atoms with E-state index in [0.717, 1.165) is 16.3 Å². The van der Waals surface area contributed by atoms with E-state index in [1.807, 2.05) is 42.5 Å². The zero-order valence-corrected chi connectivity index (χ0v) is 15.8.